The van der Waals surface area contributed by atoms with Crippen LogP contribution in [0.4, 0.5) is 0 Å². The number of terminal acetylenes is 1. The summed E-state index contributed by atoms with van der Waals surface area (Å²) in [6.45, 7) is 1.32. The van der Waals surface area contributed by atoms with Gasteiger partial charge in [0.25, 0.3) is 0 Å². The van der Waals surface area contributed by atoms with Crippen LogP contribution in [0.5, 0.6) is 0 Å². The molecule has 0 atom stereocenters. The fraction of sp³-hybridized carbons (Fsp3) is 0.818. The Kier molecular flexibility index (Phi) is 5.26. The number of rotatable bonds is 8. The van der Waals surface area contributed by atoms with Crippen LogP contribution in [0, 0.1) is 18.3 Å². The van der Waals surface area contributed by atoms with Crippen molar-refractivity contribution in [1.82, 2.24) is 4.31 Å². The van der Waals surface area contributed by atoms with Gasteiger partial charge in [-0.25, -0.2) is 8.42 Å². The predicted molar refractivity (Wildman–Crippen MR) is 65.2 cm³/mol. The van der Waals surface area contributed by atoms with E-state index in [0.29, 0.717) is 25.4 Å². The van der Waals surface area contributed by atoms with Crippen molar-refractivity contribution in [3.63, 3.8) is 0 Å². The standard InChI is InChI=1S/C11H20N2O2S/c1-2-8-13(10-11-5-6-11)16(14,15)9-4-3-7-12/h1,11H,3-10,12H2. The maximum absolute atomic E-state index is 11.9. The van der Waals surface area contributed by atoms with E-state index in [0.717, 1.165) is 19.3 Å². The zero-order valence-corrected chi connectivity index (χ0v) is 10.4. The first-order valence-electron chi connectivity index (χ1n) is 5.71. The van der Waals surface area contributed by atoms with Crippen molar-refractivity contribution in [3.05, 3.63) is 0 Å². The second-order valence-electron chi connectivity index (χ2n) is 4.25. The third-order valence-electron chi connectivity index (χ3n) is 2.68. The van der Waals surface area contributed by atoms with Gasteiger partial charge in [0.15, 0.2) is 0 Å². The summed E-state index contributed by atoms with van der Waals surface area (Å²) < 4.78 is 25.3. The number of nitrogens with two attached hydrogens (primary N) is 1. The number of unbranched alkanes of at least 4 members (excludes halogenated alkanes) is 1. The second-order valence-corrected chi connectivity index (χ2v) is 6.34. The van der Waals surface area contributed by atoms with E-state index in [4.69, 9.17) is 12.2 Å². The van der Waals surface area contributed by atoms with Crippen molar-refractivity contribution < 1.29 is 8.42 Å². The van der Waals surface area contributed by atoms with E-state index in [1.54, 1.807) is 0 Å². The van der Waals surface area contributed by atoms with Gasteiger partial charge in [0, 0.05) is 6.54 Å². The third kappa shape index (κ3) is 4.52. The molecule has 1 rings (SSSR count). The van der Waals surface area contributed by atoms with Gasteiger partial charge < -0.3 is 5.73 Å². The normalized spacial score (nSPS) is 16.3. The van der Waals surface area contributed by atoms with E-state index in [2.05, 4.69) is 5.92 Å². The van der Waals surface area contributed by atoms with E-state index < -0.39 is 10.0 Å². The number of hydrogen-bond acceptors (Lipinski definition) is 3. The maximum atomic E-state index is 11.9. The molecule has 1 fully saturated rings. The van der Waals surface area contributed by atoms with Gasteiger partial charge in [0.2, 0.25) is 10.0 Å². The molecular formula is C11H20N2O2S. The highest BCUT2D eigenvalue weighted by molar-refractivity contribution is 7.89. The fourth-order valence-electron chi connectivity index (χ4n) is 1.52. The van der Waals surface area contributed by atoms with Crippen LogP contribution in [-0.4, -0.2) is 38.1 Å². The Hall–Kier alpha value is -0.570. The van der Waals surface area contributed by atoms with Gasteiger partial charge in [-0.3, -0.25) is 0 Å². The molecule has 1 aliphatic carbocycles. The quantitative estimate of drug-likeness (QED) is 0.496. The molecule has 0 bridgehead atoms. The molecule has 16 heavy (non-hydrogen) atoms. The van der Waals surface area contributed by atoms with Gasteiger partial charge in [-0.05, 0) is 38.1 Å². The zero-order chi connectivity index (χ0) is 12.0. The minimum atomic E-state index is -3.18. The molecule has 0 aromatic heterocycles. The van der Waals surface area contributed by atoms with Gasteiger partial charge in [-0.15, -0.1) is 6.42 Å². The SMILES string of the molecule is C#CCN(CC1CC1)S(=O)(=O)CCCCN. The van der Waals surface area contributed by atoms with Crippen LogP contribution in [0.15, 0.2) is 0 Å². The maximum Gasteiger partial charge on any atom is 0.214 e. The molecule has 0 aliphatic heterocycles. The second kappa shape index (κ2) is 6.24. The van der Waals surface area contributed by atoms with Gasteiger partial charge in [0.05, 0.1) is 12.3 Å². The van der Waals surface area contributed by atoms with E-state index >= 15 is 0 Å². The lowest BCUT2D eigenvalue weighted by atomic mass is 10.3. The van der Waals surface area contributed by atoms with Crippen LogP contribution in [0.1, 0.15) is 25.7 Å². The Labute approximate surface area is 98.2 Å². The smallest absolute Gasteiger partial charge is 0.214 e. The molecular weight excluding hydrogens is 224 g/mol. The van der Waals surface area contributed by atoms with E-state index in [9.17, 15) is 8.42 Å². The van der Waals surface area contributed by atoms with Crippen LogP contribution in [0.25, 0.3) is 0 Å². The average molecular weight is 244 g/mol. The fourth-order valence-corrected chi connectivity index (χ4v) is 3.06. The first-order valence-corrected chi connectivity index (χ1v) is 7.32. The van der Waals surface area contributed by atoms with Crippen LogP contribution < -0.4 is 5.73 Å². The van der Waals surface area contributed by atoms with Gasteiger partial charge in [-0.2, -0.15) is 4.31 Å². The van der Waals surface area contributed by atoms with Crippen molar-refractivity contribution in [3.8, 4) is 12.3 Å². The summed E-state index contributed by atoms with van der Waals surface area (Å²) >= 11 is 0. The topological polar surface area (TPSA) is 63.4 Å². The number of sulfonamides is 1. The van der Waals surface area contributed by atoms with Crippen molar-refractivity contribution >= 4 is 10.0 Å². The average Bonchev–Trinajstić information content (AvgIpc) is 3.01. The van der Waals surface area contributed by atoms with Gasteiger partial charge in [0.1, 0.15) is 0 Å². The van der Waals surface area contributed by atoms with Crippen molar-refractivity contribution in [2.75, 3.05) is 25.4 Å². The van der Waals surface area contributed by atoms with Crippen LogP contribution in [-0.2, 0) is 10.0 Å². The Balaban J connectivity index is 2.49. The minimum Gasteiger partial charge on any atom is -0.330 e. The summed E-state index contributed by atoms with van der Waals surface area (Å²) in [6.07, 6.45) is 8.81. The first-order chi connectivity index (χ1) is 7.60. The van der Waals surface area contributed by atoms with E-state index in [1.165, 1.54) is 4.31 Å². The van der Waals surface area contributed by atoms with Crippen molar-refractivity contribution in [2.24, 2.45) is 11.7 Å². The molecule has 0 heterocycles. The summed E-state index contributed by atoms with van der Waals surface area (Å²) in [4.78, 5) is 0. The van der Waals surface area contributed by atoms with Gasteiger partial charge >= 0.3 is 0 Å². The Morgan fingerprint density at radius 1 is 1.38 bits per heavy atom. The van der Waals surface area contributed by atoms with Crippen LogP contribution in [0.2, 0.25) is 0 Å². The van der Waals surface area contributed by atoms with E-state index in [-0.39, 0.29) is 12.3 Å². The molecule has 4 nitrogen and oxygen atoms in total. The third-order valence-corrected chi connectivity index (χ3v) is 4.55. The predicted octanol–water partition coefficient (Wildman–Crippen LogP) is 0.400. The molecule has 0 amide bonds. The molecule has 1 saturated carbocycles. The molecule has 0 saturated heterocycles. The van der Waals surface area contributed by atoms with E-state index in [1.807, 2.05) is 0 Å². The molecule has 2 N–H and O–H groups in total. The highest BCUT2D eigenvalue weighted by Crippen LogP contribution is 2.30. The minimum absolute atomic E-state index is 0.165. The lowest BCUT2D eigenvalue weighted by Gasteiger charge is -2.19. The first kappa shape index (κ1) is 13.5. The highest BCUT2D eigenvalue weighted by Gasteiger charge is 2.29. The highest BCUT2D eigenvalue weighted by atomic mass is 32.2. The molecule has 1 aliphatic rings. The molecule has 92 valence electrons. The van der Waals surface area contributed by atoms with Crippen LogP contribution >= 0.6 is 0 Å². The zero-order valence-electron chi connectivity index (χ0n) is 9.56. The largest absolute Gasteiger partial charge is 0.330 e. The molecule has 0 aromatic carbocycles. The lowest BCUT2D eigenvalue weighted by molar-refractivity contribution is 0.429. The Bertz CT molecular complexity index is 341. The molecule has 0 aromatic rings. The summed E-state index contributed by atoms with van der Waals surface area (Å²) in [7, 11) is -3.18. The molecule has 5 heteroatoms. The summed E-state index contributed by atoms with van der Waals surface area (Å²) in [5.41, 5.74) is 5.34. The van der Waals surface area contributed by atoms with Gasteiger partial charge in [-0.1, -0.05) is 5.92 Å². The lowest BCUT2D eigenvalue weighted by Crippen LogP contribution is -2.35. The molecule has 0 spiro atoms. The van der Waals surface area contributed by atoms with Crippen molar-refractivity contribution in [2.45, 2.75) is 25.7 Å². The Morgan fingerprint density at radius 3 is 2.56 bits per heavy atom. The summed E-state index contributed by atoms with van der Waals surface area (Å²) in [6, 6.07) is 0. The van der Waals surface area contributed by atoms with Crippen molar-refractivity contribution in [1.29, 1.82) is 0 Å². The number of nitrogens with zero attached hydrogens (tertiary/aromatic N) is 1. The van der Waals surface area contributed by atoms with Crippen LogP contribution in [0.3, 0.4) is 0 Å². The summed E-state index contributed by atoms with van der Waals surface area (Å²) in [5, 5.41) is 0. The molecule has 0 unspecified atom stereocenters. The summed E-state index contributed by atoms with van der Waals surface area (Å²) in [5.74, 6) is 3.11. The monoisotopic (exact) mass is 244 g/mol. The number of hydrogen-bond donors (Lipinski definition) is 1. The molecule has 0 radical (unpaired) electrons. The Morgan fingerprint density at radius 2 is 2.06 bits per heavy atom.